The summed E-state index contributed by atoms with van der Waals surface area (Å²) in [6.45, 7) is 23.8. The predicted molar refractivity (Wildman–Crippen MR) is 217 cm³/mol. The molecule has 1 aliphatic heterocycles. The molecule has 0 radical (unpaired) electrons. The Morgan fingerprint density at radius 1 is 0.870 bits per heavy atom. The number of hydrogen-bond acceptors (Lipinski definition) is 6. The number of hydrogen-bond donors (Lipinski definition) is 0. The zero-order valence-electron chi connectivity index (χ0n) is 34.3. The maximum Gasteiger partial charge on any atom is 0.302 e. The SMILES string of the molecule is C=C(C)C[C@@H](O[Si](c1ccccc1)(c1ccccc1)C(C)(C)C)C1=C(C)[C@H]2[C@H](C[C@H]3[C@@H]4CC[C@H]5C[C@@H](OC(C)=O)CC[C@]5(C)[C@H]4C[C@@H](OC(C)=O)[C@@]32C)O1. The number of fused-ring (bicyclic) bond motifs is 7. The van der Waals surface area contributed by atoms with Crippen LogP contribution in [0.3, 0.4) is 0 Å². The second-order valence-electron chi connectivity index (χ2n) is 19.2. The first-order valence-corrected chi connectivity index (χ1v) is 22.6. The molecule has 0 unspecified atom stereocenters. The molecule has 0 N–H and O–H groups in total. The van der Waals surface area contributed by atoms with E-state index in [0.717, 1.165) is 56.3 Å². The Bertz CT molecular complexity index is 1720. The van der Waals surface area contributed by atoms with Crippen LogP contribution in [0.5, 0.6) is 0 Å². The second-order valence-corrected chi connectivity index (χ2v) is 23.5. The summed E-state index contributed by atoms with van der Waals surface area (Å²) in [4.78, 5) is 24.8. The lowest BCUT2D eigenvalue weighted by atomic mass is 9.44. The highest BCUT2D eigenvalue weighted by Crippen LogP contribution is 2.70. The second kappa shape index (κ2) is 14.4. The van der Waals surface area contributed by atoms with Crippen molar-refractivity contribution in [3.05, 3.63) is 84.1 Å². The van der Waals surface area contributed by atoms with Gasteiger partial charge in [0.05, 0.1) is 0 Å². The molecule has 1 heterocycles. The van der Waals surface area contributed by atoms with E-state index in [0.29, 0.717) is 30.1 Å². The molecule has 0 saturated heterocycles. The molecule has 0 bridgehead atoms. The van der Waals surface area contributed by atoms with E-state index in [1.807, 2.05) is 0 Å². The minimum atomic E-state index is -2.92. The van der Waals surface area contributed by atoms with Crippen molar-refractivity contribution in [3.63, 3.8) is 0 Å². The van der Waals surface area contributed by atoms with Crippen molar-refractivity contribution in [3.8, 4) is 0 Å². The van der Waals surface area contributed by atoms with Crippen LogP contribution in [0.4, 0.5) is 0 Å². The zero-order chi connectivity index (χ0) is 38.8. The molecule has 4 aliphatic carbocycles. The Balaban J connectivity index is 1.27. The van der Waals surface area contributed by atoms with Crippen molar-refractivity contribution in [2.24, 2.45) is 40.4 Å². The van der Waals surface area contributed by atoms with Gasteiger partial charge in [0, 0.05) is 31.6 Å². The van der Waals surface area contributed by atoms with Crippen molar-refractivity contribution in [2.75, 3.05) is 0 Å². The van der Waals surface area contributed by atoms with Crippen molar-refractivity contribution < 1.29 is 28.2 Å². The number of rotatable bonds is 9. The van der Waals surface area contributed by atoms with Crippen LogP contribution in [-0.2, 0) is 28.2 Å². The fourth-order valence-corrected chi connectivity index (χ4v) is 17.5. The Morgan fingerprint density at radius 3 is 2.04 bits per heavy atom. The molecule has 0 aromatic heterocycles. The number of esters is 2. The lowest BCUT2D eigenvalue weighted by molar-refractivity contribution is -0.193. The standard InChI is InChI=1S/C47H64O6Si/c1-29(2)25-41(53-54(45(6,7)8,35-17-13-11-14-18-35)36-19-15-12-16-20-36)44-30(3)43-40(52-44)27-39-37-22-21-33-26-34(50-31(4)48)23-24-46(33,9)38(37)28-42(47(39,43)10)51-32(5)49/h11-20,33-34,37-43H,1,21-28H2,2-10H3/t33-,34-,37+,38-,39-,40-,41+,42+,43-,46-,47+/m0/s1. The maximum atomic E-state index is 13.0. The Hall–Kier alpha value is -3.16. The number of carbonyl (C=O) groups is 2. The van der Waals surface area contributed by atoms with Gasteiger partial charge in [0.2, 0.25) is 0 Å². The van der Waals surface area contributed by atoms with Gasteiger partial charge in [-0.2, -0.15) is 0 Å². The summed E-state index contributed by atoms with van der Waals surface area (Å²) in [5.74, 6) is 2.59. The molecular formula is C47H64O6Si. The normalized spacial score (nSPS) is 35.1. The third-order valence-corrected chi connectivity index (χ3v) is 20.1. The van der Waals surface area contributed by atoms with E-state index in [2.05, 4.69) is 116 Å². The molecular weight excluding hydrogens is 689 g/mol. The van der Waals surface area contributed by atoms with Gasteiger partial charge in [-0.3, -0.25) is 9.59 Å². The van der Waals surface area contributed by atoms with Crippen molar-refractivity contribution in [2.45, 2.75) is 143 Å². The first-order valence-electron chi connectivity index (χ1n) is 20.7. The van der Waals surface area contributed by atoms with Crippen LogP contribution in [-0.4, -0.2) is 44.7 Å². The largest absolute Gasteiger partial charge is 0.491 e. The van der Waals surface area contributed by atoms with Crippen LogP contribution in [0.2, 0.25) is 5.04 Å². The van der Waals surface area contributed by atoms with Gasteiger partial charge in [-0.1, -0.05) is 101 Å². The molecule has 11 atom stereocenters. The highest BCUT2D eigenvalue weighted by atomic mass is 28.4. The predicted octanol–water partition coefficient (Wildman–Crippen LogP) is 9.31. The van der Waals surface area contributed by atoms with Crippen LogP contribution in [0.15, 0.2) is 84.1 Å². The summed E-state index contributed by atoms with van der Waals surface area (Å²) in [6.07, 6.45) is 7.23. The van der Waals surface area contributed by atoms with E-state index >= 15 is 0 Å². The fourth-order valence-electron chi connectivity index (χ4n) is 12.9. The van der Waals surface area contributed by atoms with E-state index < -0.39 is 8.32 Å². The maximum absolute atomic E-state index is 13.0. The Morgan fingerprint density at radius 2 is 1.48 bits per heavy atom. The summed E-state index contributed by atoms with van der Waals surface area (Å²) >= 11 is 0. The molecule has 4 saturated carbocycles. The average molecular weight is 753 g/mol. The molecule has 6 nitrogen and oxygen atoms in total. The zero-order valence-corrected chi connectivity index (χ0v) is 35.3. The van der Waals surface area contributed by atoms with Gasteiger partial charge in [0.15, 0.2) is 0 Å². The van der Waals surface area contributed by atoms with Gasteiger partial charge in [-0.05, 0) is 109 Å². The average Bonchev–Trinajstić information content (AvgIpc) is 3.60. The lowest BCUT2D eigenvalue weighted by Gasteiger charge is -2.62. The van der Waals surface area contributed by atoms with E-state index in [-0.39, 0.29) is 58.1 Å². The van der Waals surface area contributed by atoms with Crippen molar-refractivity contribution in [1.29, 1.82) is 0 Å². The van der Waals surface area contributed by atoms with Crippen LogP contribution in [0.25, 0.3) is 0 Å². The van der Waals surface area contributed by atoms with Crippen molar-refractivity contribution >= 4 is 30.6 Å². The van der Waals surface area contributed by atoms with Gasteiger partial charge >= 0.3 is 11.9 Å². The van der Waals surface area contributed by atoms with Crippen molar-refractivity contribution in [1.82, 2.24) is 0 Å². The number of ether oxygens (including phenoxy) is 3. The highest BCUT2D eigenvalue weighted by molar-refractivity contribution is 6.99. The molecule has 292 valence electrons. The number of carbonyl (C=O) groups excluding carboxylic acids is 2. The molecule has 2 aromatic rings. The summed E-state index contributed by atoms with van der Waals surface area (Å²) in [5, 5.41) is 2.31. The first-order chi connectivity index (χ1) is 25.5. The Labute approximate surface area is 325 Å². The molecule has 7 heteroatoms. The Kier molecular flexibility index (Phi) is 10.4. The minimum Gasteiger partial charge on any atom is -0.491 e. The van der Waals surface area contributed by atoms with Crippen LogP contribution in [0.1, 0.15) is 114 Å². The molecule has 5 aliphatic rings. The van der Waals surface area contributed by atoms with Crippen LogP contribution in [0, 0.1) is 40.4 Å². The molecule has 0 spiro atoms. The van der Waals surface area contributed by atoms with E-state index in [4.69, 9.17) is 18.6 Å². The quantitative estimate of drug-likeness (QED) is 0.145. The van der Waals surface area contributed by atoms with E-state index in [9.17, 15) is 9.59 Å². The van der Waals surface area contributed by atoms with Gasteiger partial charge in [0.1, 0.15) is 30.2 Å². The summed E-state index contributed by atoms with van der Waals surface area (Å²) in [5.41, 5.74) is 2.19. The molecule has 2 aromatic carbocycles. The van der Waals surface area contributed by atoms with Gasteiger partial charge in [0.25, 0.3) is 8.32 Å². The van der Waals surface area contributed by atoms with Gasteiger partial charge in [-0.15, -0.1) is 6.58 Å². The number of benzene rings is 2. The van der Waals surface area contributed by atoms with Gasteiger partial charge in [-0.25, -0.2) is 0 Å². The third kappa shape index (κ3) is 6.43. The fraction of sp³-hybridized carbons (Fsp3) is 0.617. The minimum absolute atomic E-state index is 0.00687. The highest BCUT2D eigenvalue weighted by Gasteiger charge is 2.69. The molecule has 54 heavy (non-hydrogen) atoms. The third-order valence-electron chi connectivity index (χ3n) is 15.0. The van der Waals surface area contributed by atoms with E-state index in [1.165, 1.54) is 22.9 Å². The molecule has 7 rings (SSSR count). The molecule has 0 amide bonds. The topological polar surface area (TPSA) is 71.1 Å². The summed E-state index contributed by atoms with van der Waals surface area (Å²) in [6, 6.07) is 21.7. The summed E-state index contributed by atoms with van der Waals surface area (Å²) in [7, 11) is -2.92. The monoisotopic (exact) mass is 752 g/mol. The molecule has 4 fully saturated rings. The lowest BCUT2D eigenvalue weighted by Crippen LogP contribution is -2.67. The first kappa shape index (κ1) is 39.1. The summed E-state index contributed by atoms with van der Waals surface area (Å²) < 4.78 is 27.4. The van der Waals surface area contributed by atoms with Crippen LogP contribution >= 0.6 is 0 Å². The van der Waals surface area contributed by atoms with E-state index in [1.54, 1.807) is 6.92 Å². The van der Waals surface area contributed by atoms with Gasteiger partial charge < -0.3 is 18.6 Å². The van der Waals surface area contributed by atoms with Crippen LogP contribution < -0.4 is 10.4 Å². The smallest absolute Gasteiger partial charge is 0.302 e.